The van der Waals surface area contributed by atoms with Crippen LogP contribution in [0.5, 0.6) is 0 Å². The van der Waals surface area contributed by atoms with E-state index in [2.05, 4.69) is 13.8 Å². The lowest BCUT2D eigenvalue weighted by Crippen LogP contribution is -2.50. The zero-order valence-electron chi connectivity index (χ0n) is 7.04. The largest absolute Gasteiger partial charge is 0.373 e. The van der Waals surface area contributed by atoms with E-state index in [9.17, 15) is 0 Å². The van der Waals surface area contributed by atoms with Crippen LogP contribution in [0.15, 0.2) is 0 Å². The highest BCUT2D eigenvalue weighted by molar-refractivity contribution is 5.00. The number of nitrogens with two attached hydrogens (primary N) is 1. The van der Waals surface area contributed by atoms with Gasteiger partial charge in [-0.25, -0.2) is 0 Å². The number of rotatable bonds is 0. The van der Waals surface area contributed by atoms with Gasteiger partial charge >= 0.3 is 0 Å². The van der Waals surface area contributed by atoms with Crippen LogP contribution in [0, 0.1) is 11.8 Å². The lowest BCUT2D eigenvalue weighted by Gasteiger charge is -2.25. The molecule has 4 atom stereocenters. The van der Waals surface area contributed by atoms with Crippen molar-refractivity contribution < 1.29 is 9.47 Å². The van der Waals surface area contributed by atoms with Crippen LogP contribution in [-0.2, 0) is 9.47 Å². The fraction of sp³-hybridized carbons (Fsp3) is 1.00. The molecular weight excluding hydrogens is 142 g/mol. The van der Waals surface area contributed by atoms with Crippen molar-refractivity contribution in [3.8, 4) is 0 Å². The number of ether oxygens (including phenoxy) is 2. The topological polar surface area (TPSA) is 44.5 Å². The van der Waals surface area contributed by atoms with Gasteiger partial charge in [0, 0.05) is 11.8 Å². The molecule has 3 nitrogen and oxygen atoms in total. The zero-order valence-corrected chi connectivity index (χ0v) is 7.04. The summed E-state index contributed by atoms with van der Waals surface area (Å²) in [5, 5.41) is 0. The molecule has 0 bridgehead atoms. The average Bonchev–Trinajstić information content (AvgIpc) is 2.39. The third-order valence-electron chi connectivity index (χ3n) is 2.85. The molecule has 2 unspecified atom stereocenters. The summed E-state index contributed by atoms with van der Waals surface area (Å²) in [4.78, 5) is 0. The van der Waals surface area contributed by atoms with E-state index >= 15 is 0 Å². The monoisotopic (exact) mass is 157 g/mol. The van der Waals surface area contributed by atoms with E-state index in [1.165, 1.54) is 0 Å². The van der Waals surface area contributed by atoms with E-state index < -0.39 is 5.72 Å². The quantitative estimate of drug-likeness (QED) is 0.551. The van der Waals surface area contributed by atoms with Gasteiger partial charge in [0.25, 0.3) is 0 Å². The minimum atomic E-state index is -0.487. The molecule has 2 saturated heterocycles. The van der Waals surface area contributed by atoms with Gasteiger partial charge < -0.3 is 15.2 Å². The number of fused-ring (bicyclic) bond motifs is 1. The molecule has 0 aliphatic carbocycles. The van der Waals surface area contributed by atoms with Gasteiger partial charge in [-0.05, 0) is 0 Å². The first-order chi connectivity index (χ1) is 5.14. The lowest BCUT2D eigenvalue weighted by molar-refractivity contribution is -0.0349. The van der Waals surface area contributed by atoms with Crippen molar-refractivity contribution in [2.75, 3.05) is 13.2 Å². The van der Waals surface area contributed by atoms with E-state index in [1.807, 2.05) is 0 Å². The fourth-order valence-electron chi connectivity index (χ4n) is 1.99. The molecule has 2 N–H and O–H groups in total. The minimum Gasteiger partial charge on any atom is -0.373 e. The van der Waals surface area contributed by atoms with Crippen molar-refractivity contribution in [1.29, 1.82) is 0 Å². The van der Waals surface area contributed by atoms with Gasteiger partial charge in [0.15, 0.2) is 0 Å². The van der Waals surface area contributed by atoms with Crippen LogP contribution in [0.25, 0.3) is 0 Å². The lowest BCUT2D eigenvalue weighted by atomic mass is 9.93. The Kier molecular flexibility index (Phi) is 1.50. The maximum Gasteiger partial charge on any atom is 0.148 e. The molecule has 0 amide bonds. The molecule has 2 fully saturated rings. The molecule has 11 heavy (non-hydrogen) atoms. The Bertz CT molecular complexity index is 173. The Hall–Kier alpha value is -0.120. The molecule has 0 aromatic carbocycles. The smallest absolute Gasteiger partial charge is 0.148 e. The zero-order chi connectivity index (χ0) is 8.06. The highest BCUT2D eigenvalue weighted by Crippen LogP contribution is 2.39. The summed E-state index contributed by atoms with van der Waals surface area (Å²) in [5.74, 6) is 0.780. The minimum absolute atomic E-state index is 0.123. The van der Waals surface area contributed by atoms with Gasteiger partial charge in [0.1, 0.15) is 11.8 Å². The molecule has 64 valence electrons. The Morgan fingerprint density at radius 1 is 1.36 bits per heavy atom. The van der Waals surface area contributed by atoms with Crippen LogP contribution >= 0.6 is 0 Å². The van der Waals surface area contributed by atoms with E-state index in [0.29, 0.717) is 11.8 Å². The van der Waals surface area contributed by atoms with E-state index in [4.69, 9.17) is 15.2 Å². The highest BCUT2D eigenvalue weighted by atomic mass is 16.6. The molecular formula is C8H15NO2. The SMILES string of the molecule is CC1CO[C@]2(N)C(C)CO[C@H]12. The van der Waals surface area contributed by atoms with Crippen molar-refractivity contribution in [2.45, 2.75) is 25.7 Å². The summed E-state index contributed by atoms with van der Waals surface area (Å²) in [6.45, 7) is 5.69. The fourth-order valence-corrected chi connectivity index (χ4v) is 1.99. The molecule has 2 aliphatic rings. The van der Waals surface area contributed by atoms with E-state index in [0.717, 1.165) is 13.2 Å². The third kappa shape index (κ3) is 0.849. The third-order valence-corrected chi connectivity index (χ3v) is 2.85. The molecule has 2 aliphatic heterocycles. The maximum absolute atomic E-state index is 6.05. The second-order valence-corrected chi connectivity index (χ2v) is 3.80. The first kappa shape index (κ1) is 7.53. The molecule has 0 aromatic heterocycles. The molecule has 2 rings (SSSR count). The van der Waals surface area contributed by atoms with Crippen molar-refractivity contribution in [2.24, 2.45) is 17.6 Å². The van der Waals surface area contributed by atoms with Gasteiger partial charge in [0.05, 0.1) is 13.2 Å². The molecule has 2 heterocycles. The number of hydrogen-bond acceptors (Lipinski definition) is 3. The Morgan fingerprint density at radius 2 is 2.09 bits per heavy atom. The van der Waals surface area contributed by atoms with Gasteiger partial charge in [-0.1, -0.05) is 13.8 Å². The normalized spacial score (nSPS) is 56.5. The predicted octanol–water partition coefficient (Wildman–Crippen LogP) is 0.343. The maximum atomic E-state index is 6.05. The Labute approximate surface area is 66.8 Å². The van der Waals surface area contributed by atoms with Gasteiger partial charge in [-0.3, -0.25) is 0 Å². The van der Waals surface area contributed by atoms with E-state index in [1.54, 1.807) is 0 Å². The van der Waals surface area contributed by atoms with Crippen molar-refractivity contribution in [1.82, 2.24) is 0 Å². The Morgan fingerprint density at radius 3 is 2.73 bits per heavy atom. The molecule has 3 heteroatoms. The first-order valence-corrected chi connectivity index (χ1v) is 4.19. The van der Waals surface area contributed by atoms with Gasteiger partial charge in [0.2, 0.25) is 0 Å². The van der Waals surface area contributed by atoms with Gasteiger partial charge in [-0.15, -0.1) is 0 Å². The first-order valence-electron chi connectivity index (χ1n) is 4.19. The molecule has 0 aromatic rings. The van der Waals surface area contributed by atoms with Crippen molar-refractivity contribution >= 4 is 0 Å². The van der Waals surface area contributed by atoms with Crippen LogP contribution in [0.1, 0.15) is 13.8 Å². The molecule has 0 spiro atoms. The predicted molar refractivity (Wildman–Crippen MR) is 40.9 cm³/mol. The van der Waals surface area contributed by atoms with Crippen LogP contribution in [0.4, 0.5) is 0 Å². The second kappa shape index (κ2) is 2.19. The summed E-state index contributed by atoms with van der Waals surface area (Å²) in [6.07, 6.45) is 0.123. The van der Waals surface area contributed by atoms with Crippen molar-refractivity contribution in [3.05, 3.63) is 0 Å². The average molecular weight is 157 g/mol. The van der Waals surface area contributed by atoms with Crippen LogP contribution in [-0.4, -0.2) is 25.0 Å². The summed E-state index contributed by atoms with van der Waals surface area (Å²) in [7, 11) is 0. The summed E-state index contributed by atoms with van der Waals surface area (Å²) < 4.78 is 11.1. The molecule has 0 radical (unpaired) electrons. The standard InChI is InChI=1S/C8H15NO2/c1-5-3-11-8(9)6(2)4-10-7(5)8/h5-7H,3-4,9H2,1-2H3/t5?,6?,7-,8-/m1/s1. The summed E-state index contributed by atoms with van der Waals surface area (Å²) in [5.41, 5.74) is 5.56. The van der Waals surface area contributed by atoms with Crippen LogP contribution in [0.2, 0.25) is 0 Å². The highest BCUT2D eigenvalue weighted by Gasteiger charge is 2.54. The van der Waals surface area contributed by atoms with Gasteiger partial charge in [-0.2, -0.15) is 0 Å². The van der Waals surface area contributed by atoms with Crippen LogP contribution in [0.3, 0.4) is 0 Å². The Balaban J connectivity index is 2.23. The summed E-state index contributed by atoms with van der Waals surface area (Å²) >= 11 is 0. The van der Waals surface area contributed by atoms with Crippen LogP contribution < -0.4 is 5.73 Å². The van der Waals surface area contributed by atoms with Crippen molar-refractivity contribution in [3.63, 3.8) is 0 Å². The number of hydrogen-bond donors (Lipinski definition) is 1. The summed E-state index contributed by atoms with van der Waals surface area (Å²) in [6, 6.07) is 0. The molecule has 0 saturated carbocycles. The second-order valence-electron chi connectivity index (χ2n) is 3.80. The van der Waals surface area contributed by atoms with E-state index in [-0.39, 0.29) is 6.10 Å².